The molecule has 2 aromatic carbocycles. The molecule has 2 N–H and O–H groups in total. The van der Waals surface area contributed by atoms with Gasteiger partial charge in [0.25, 0.3) is 5.91 Å². The van der Waals surface area contributed by atoms with Crippen LogP contribution in [0.15, 0.2) is 42.5 Å². The number of alkyl halides is 1. The average molecular weight is 582 g/mol. The van der Waals surface area contributed by atoms with Crippen molar-refractivity contribution in [2.24, 2.45) is 10.8 Å². The average Bonchev–Trinajstić information content (AvgIpc) is 2.95. The van der Waals surface area contributed by atoms with E-state index in [4.69, 9.17) is 21.6 Å². The monoisotopic (exact) mass is 581 g/mol. The maximum absolute atomic E-state index is 15.1. The Kier molecular flexibility index (Phi) is 8.26. The second-order valence-electron chi connectivity index (χ2n) is 13.0. The minimum absolute atomic E-state index is 0.104. The molecule has 1 aliphatic carbocycles. The van der Waals surface area contributed by atoms with Gasteiger partial charge in [-0.15, -0.1) is 0 Å². The Bertz CT molecular complexity index is 1280. The third-order valence-electron chi connectivity index (χ3n) is 9.30. The van der Waals surface area contributed by atoms with Crippen LogP contribution >= 0.6 is 11.6 Å². The van der Waals surface area contributed by atoms with Crippen molar-refractivity contribution in [1.82, 2.24) is 15.5 Å². The van der Waals surface area contributed by atoms with E-state index < -0.39 is 5.67 Å². The number of benzene rings is 2. The van der Waals surface area contributed by atoms with Crippen LogP contribution in [0.5, 0.6) is 5.75 Å². The van der Waals surface area contributed by atoms with E-state index in [0.29, 0.717) is 41.3 Å². The van der Waals surface area contributed by atoms with Gasteiger partial charge in [0.1, 0.15) is 23.6 Å². The van der Waals surface area contributed by atoms with E-state index in [1.807, 2.05) is 24.3 Å². The van der Waals surface area contributed by atoms with Crippen molar-refractivity contribution in [2.75, 3.05) is 50.7 Å². The van der Waals surface area contributed by atoms with Gasteiger partial charge in [0, 0.05) is 66.9 Å². The van der Waals surface area contributed by atoms with Crippen LogP contribution in [-0.2, 0) is 0 Å². The van der Waals surface area contributed by atoms with Crippen LogP contribution in [0.25, 0.3) is 0 Å². The molecule has 0 unspecified atom stereocenters. The molecule has 3 fully saturated rings. The van der Waals surface area contributed by atoms with Crippen molar-refractivity contribution in [3.8, 4) is 11.8 Å². The molecule has 2 aliphatic heterocycles. The number of nitrogens with zero attached hydrogens (tertiary/aromatic N) is 3. The second kappa shape index (κ2) is 11.4. The number of nitrogens with one attached hydrogen (secondary N) is 2. The Hall–Kier alpha value is -2.86. The summed E-state index contributed by atoms with van der Waals surface area (Å²) in [6.45, 7) is 13.8. The Labute approximate surface area is 248 Å². The second-order valence-corrected chi connectivity index (χ2v) is 13.4. The fraction of sp³-hybridized carbons (Fsp3) is 0.562. The highest BCUT2D eigenvalue weighted by Gasteiger charge is 2.64. The number of anilines is 1. The topological polar surface area (TPSA) is 80.6 Å². The lowest BCUT2D eigenvalue weighted by Gasteiger charge is -2.63. The molecule has 3 aliphatic rings. The van der Waals surface area contributed by atoms with Gasteiger partial charge < -0.3 is 20.3 Å². The number of piperidine rings is 1. The maximum Gasteiger partial charge on any atom is 0.251 e. The summed E-state index contributed by atoms with van der Waals surface area (Å²) in [6, 6.07) is 14.8. The van der Waals surface area contributed by atoms with Gasteiger partial charge in [0.15, 0.2) is 0 Å². The minimum atomic E-state index is -1.07. The van der Waals surface area contributed by atoms with Gasteiger partial charge in [0.2, 0.25) is 0 Å². The molecular weight excluding hydrogens is 541 g/mol. The molecule has 1 amide bonds. The van der Waals surface area contributed by atoms with E-state index in [1.54, 1.807) is 18.2 Å². The van der Waals surface area contributed by atoms with E-state index in [0.717, 1.165) is 45.0 Å². The first kappa shape index (κ1) is 29.6. The molecule has 0 radical (unpaired) electrons. The van der Waals surface area contributed by atoms with E-state index in [1.165, 1.54) is 0 Å². The van der Waals surface area contributed by atoms with Crippen molar-refractivity contribution in [3.63, 3.8) is 0 Å². The standard InChI is InChI=1S/C32H41ClFN5O2/c1-30(2)28(31(3,4)29(30)41-25-10-7-23(20-35)26(33)19-25)37-27(40)22-5-8-24(9-6-22)39-17-15-38(16-18-39)21-32(34)11-13-36-14-12-32/h5-10,19,28-29,36H,11-18,21H2,1-4H3,(H,37,40)/t28-,29-. The van der Waals surface area contributed by atoms with Gasteiger partial charge in [-0.1, -0.05) is 39.3 Å². The van der Waals surface area contributed by atoms with Crippen LogP contribution in [0.2, 0.25) is 5.02 Å². The number of carbonyl (C=O) groups excluding carboxylic acids is 1. The smallest absolute Gasteiger partial charge is 0.251 e. The minimum Gasteiger partial charge on any atom is -0.489 e. The lowest BCUT2D eigenvalue weighted by molar-refractivity contribution is -0.164. The summed E-state index contributed by atoms with van der Waals surface area (Å²) < 4.78 is 21.5. The Balaban J connectivity index is 1.15. The third kappa shape index (κ3) is 6.04. The predicted molar refractivity (Wildman–Crippen MR) is 160 cm³/mol. The van der Waals surface area contributed by atoms with Crippen LogP contribution in [0.3, 0.4) is 0 Å². The predicted octanol–water partition coefficient (Wildman–Crippen LogP) is 5.04. The molecule has 5 rings (SSSR count). The molecule has 0 atom stereocenters. The van der Waals surface area contributed by atoms with Gasteiger partial charge in [-0.25, -0.2) is 4.39 Å². The Morgan fingerprint density at radius 3 is 2.29 bits per heavy atom. The first-order valence-corrected chi connectivity index (χ1v) is 14.9. The number of halogens is 2. The molecule has 1 saturated carbocycles. The largest absolute Gasteiger partial charge is 0.489 e. The normalized spacial score (nSPS) is 25.0. The van der Waals surface area contributed by atoms with E-state index in [-0.39, 0.29) is 28.9 Å². The highest BCUT2D eigenvalue weighted by Crippen LogP contribution is 2.55. The summed E-state index contributed by atoms with van der Waals surface area (Å²) in [5.74, 6) is 0.499. The molecule has 0 aromatic heterocycles. The zero-order valence-corrected chi connectivity index (χ0v) is 25.2. The molecule has 9 heteroatoms. The van der Waals surface area contributed by atoms with Crippen LogP contribution in [-0.4, -0.2) is 74.4 Å². The molecule has 0 spiro atoms. The molecule has 7 nitrogen and oxygen atoms in total. The van der Waals surface area contributed by atoms with Crippen molar-refractivity contribution in [2.45, 2.75) is 58.4 Å². The molecule has 2 heterocycles. The molecular formula is C32H41ClFN5O2. The summed E-state index contributed by atoms with van der Waals surface area (Å²) in [5.41, 5.74) is 0.378. The summed E-state index contributed by atoms with van der Waals surface area (Å²) in [5, 5.41) is 16.0. The van der Waals surface area contributed by atoms with Gasteiger partial charge in [0.05, 0.1) is 10.6 Å². The number of hydrogen-bond donors (Lipinski definition) is 2. The van der Waals surface area contributed by atoms with Gasteiger partial charge >= 0.3 is 0 Å². The van der Waals surface area contributed by atoms with Gasteiger partial charge in [-0.05, 0) is 62.3 Å². The van der Waals surface area contributed by atoms with E-state index in [2.05, 4.69) is 54.2 Å². The number of nitriles is 1. The Morgan fingerprint density at radius 2 is 1.71 bits per heavy atom. The van der Waals surface area contributed by atoms with Crippen LogP contribution < -0.4 is 20.3 Å². The van der Waals surface area contributed by atoms with E-state index in [9.17, 15) is 4.79 Å². The molecule has 2 aromatic rings. The van der Waals surface area contributed by atoms with Crippen LogP contribution in [0.1, 0.15) is 56.5 Å². The SMILES string of the molecule is CC1(C)[C@H](NC(=O)c2ccc(N3CCN(CC4(F)CCNCC4)CC3)cc2)C(C)(C)[C@H]1Oc1ccc(C#N)c(Cl)c1. The van der Waals surface area contributed by atoms with Gasteiger partial charge in [-0.3, -0.25) is 9.69 Å². The highest BCUT2D eigenvalue weighted by atomic mass is 35.5. The lowest BCUT2D eigenvalue weighted by atomic mass is 9.49. The lowest BCUT2D eigenvalue weighted by Crippen LogP contribution is -2.74. The van der Waals surface area contributed by atoms with Crippen LogP contribution in [0.4, 0.5) is 10.1 Å². The highest BCUT2D eigenvalue weighted by molar-refractivity contribution is 6.31. The first-order valence-electron chi connectivity index (χ1n) is 14.6. The molecule has 41 heavy (non-hydrogen) atoms. The van der Waals surface area contributed by atoms with Crippen molar-refractivity contribution in [1.29, 1.82) is 5.26 Å². The van der Waals surface area contributed by atoms with Crippen molar-refractivity contribution < 1.29 is 13.9 Å². The number of amides is 1. The summed E-state index contributed by atoms with van der Waals surface area (Å²) in [4.78, 5) is 17.8. The molecule has 2 saturated heterocycles. The first-order chi connectivity index (χ1) is 19.4. The number of hydrogen-bond acceptors (Lipinski definition) is 6. The molecule has 220 valence electrons. The molecule has 0 bridgehead atoms. The van der Waals surface area contributed by atoms with Crippen molar-refractivity contribution in [3.05, 3.63) is 58.6 Å². The summed E-state index contributed by atoms with van der Waals surface area (Å²) >= 11 is 6.21. The summed E-state index contributed by atoms with van der Waals surface area (Å²) in [6.07, 6.45) is 1.02. The maximum atomic E-state index is 15.1. The summed E-state index contributed by atoms with van der Waals surface area (Å²) in [7, 11) is 0. The fourth-order valence-electron chi connectivity index (χ4n) is 7.23. The zero-order valence-electron chi connectivity index (χ0n) is 24.5. The van der Waals surface area contributed by atoms with E-state index >= 15 is 4.39 Å². The number of ether oxygens (including phenoxy) is 1. The number of piperazine rings is 1. The number of rotatable bonds is 7. The van der Waals surface area contributed by atoms with Crippen molar-refractivity contribution >= 4 is 23.2 Å². The third-order valence-corrected chi connectivity index (χ3v) is 9.62. The van der Waals surface area contributed by atoms with Crippen LogP contribution in [0, 0.1) is 22.2 Å². The zero-order chi connectivity index (χ0) is 29.4. The fourth-order valence-corrected chi connectivity index (χ4v) is 7.44. The Morgan fingerprint density at radius 1 is 1.07 bits per heavy atom. The number of carbonyl (C=O) groups is 1. The van der Waals surface area contributed by atoms with Gasteiger partial charge in [-0.2, -0.15) is 5.26 Å². The quantitative estimate of drug-likeness (QED) is 0.477.